The molecule has 1 N–H and O–H groups in total. The van der Waals surface area contributed by atoms with Crippen molar-refractivity contribution in [1.29, 1.82) is 0 Å². The van der Waals surface area contributed by atoms with Gasteiger partial charge in [0.1, 0.15) is 0 Å². The Morgan fingerprint density at radius 3 is 1.49 bits per heavy atom. The van der Waals surface area contributed by atoms with Crippen LogP contribution >= 0.6 is 23.2 Å². The Kier molecular flexibility index (Phi) is 8.68. The highest BCUT2D eigenvalue weighted by atomic mass is 79.9. The predicted octanol–water partition coefficient (Wildman–Crippen LogP) is 7.94. The number of benzene rings is 5. The monoisotopic (exact) mass is 592 g/mol. The van der Waals surface area contributed by atoms with Crippen LogP contribution in [0.3, 0.4) is 0 Å². The second-order valence-electron chi connectivity index (χ2n) is 9.39. The molecule has 5 aromatic rings. The maximum atomic E-state index is 15.0. The van der Waals surface area contributed by atoms with Gasteiger partial charge in [0.05, 0.1) is 17.8 Å². The molecule has 0 unspecified atom stereocenters. The normalized spacial score (nSPS) is 12.9. The zero-order chi connectivity index (χ0) is 27.1. The van der Waals surface area contributed by atoms with Crippen molar-refractivity contribution in [2.75, 3.05) is 0 Å². The number of hydrogen-bond donors (Lipinski definition) is 1. The van der Waals surface area contributed by atoms with E-state index in [-0.39, 0.29) is 12.1 Å². The van der Waals surface area contributed by atoms with Gasteiger partial charge in [0.25, 0.3) is 0 Å². The summed E-state index contributed by atoms with van der Waals surface area (Å²) in [5, 5.41) is 5.17. The van der Waals surface area contributed by atoms with Crippen LogP contribution in [0.15, 0.2) is 155 Å². The molecule has 2 atom stereocenters. The van der Waals surface area contributed by atoms with Gasteiger partial charge >= 0.3 is 0 Å². The van der Waals surface area contributed by atoms with E-state index in [1.807, 2.05) is 109 Å². The molecular formula is C34H30BrN2OP. The number of halogens is 1. The molecule has 3 nitrogen and oxygen atoms in total. The summed E-state index contributed by atoms with van der Waals surface area (Å²) in [6.07, 6.45) is 0. The maximum Gasteiger partial charge on any atom is 0.205 e. The second kappa shape index (κ2) is 12.5. The van der Waals surface area contributed by atoms with Gasteiger partial charge in [-0.1, -0.05) is 125 Å². The fourth-order valence-electron chi connectivity index (χ4n) is 4.69. The summed E-state index contributed by atoms with van der Waals surface area (Å²) in [6, 6.07) is 47.5. The number of nitrogens with zero attached hydrogens (tertiary/aromatic N) is 1. The molecule has 194 valence electrons. The van der Waals surface area contributed by atoms with Gasteiger partial charge in [-0.15, -0.1) is 0 Å². The van der Waals surface area contributed by atoms with Crippen LogP contribution < -0.4 is 15.7 Å². The molecule has 0 amide bonds. The third-order valence-corrected chi connectivity index (χ3v) is 9.92. The van der Waals surface area contributed by atoms with Gasteiger partial charge in [-0.2, -0.15) is 0 Å². The number of hydrogen-bond acceptors (Lipinski definition) is 2. The third kappa shape index (κ3) is 6.37. The van der Waals surface area contributed by atoms with Crippen molar-refractivity contribution in [3.63, 3.8) is 0 Å². The van der Waals surface area contributed by atoms with Crippen molar-refractivity contribution >= 4 is 39.5 Å². The SMILES string of the molecule is C[C@@H](N=C(c1ccccc1)c1ccccc1)[C@@H](NP(=O)(c1ccccc1)c1ccccc1)c1ccc(Br)cc1. The van der Waals surface area contributed by atoms with Crippen LogP contribution in [0.25, 0.3) is 0 Å². The van der Waals surface area contributed by atoms with Crippen LogP contribution in [0.2, 0.25) is 0 Å². The number of nitrogens with one attached hydrogen (secondary N) is 1. The minimum absolute atomic E-state index is 0.248. The third-order valence-electron chi connectivity index (χ3n) is 6.70. The van der Waals surface area contributed by atoms with Crippen LogP contribution in [0, 0.1) is 0 Å². The first kappa shape index (κ1) is 27.0. The van der Waals surface area contributed by atoms with Crippen LogP contribution in [0.5, 0.6) is 0 Å². The topological polar surface area (TPSA) is 41.5 Å². The molecule has 5 aromatic carbocycles. The van der Waals surface area contributed by atoms with Gasteiger partial charge in [0, 0.05) is 26.2 Å². The molecule has 0 aliphatic heterocycles. The number of rotatable bonds is 9. The summed E-state index contributed by atoms with van der Waals surface area (Å²) in [5.41, 5.74) is 4.00. The summed E-state index contributed by atoms with van der Waals surface area (Å²) in [5.74, 6) is 0. The fourth-order valence-corrected chi connectivity index (χ4v) is 7.49. The van der Waals surface area contributed by atoms with Crippen molar-refractivity contribution in [2.45, 2.75) is 19.0 Å². The minimum Gasteiger partial charge on any atom is -0.297 e. The molecule has 0 saturated carbocycles. The molecule has 5 rings (SSSR count). The van der Waals surface area contributed by atoms with Gasteiger partial charge in [-0.05, 0) is 48.9 Å². The average Bonchev–Trinajstić information content (AvgIpc) is 3.01. The van der Waals surface area contributed by atoms with E-state index in [2.05, 4.69) is 64.3 Å². The van der Waals surface area contributed by atoms with Gasteiger partial charge in [-0.25, -0.2) is 0 Å². The van der Waals surface area contributed by atoms with E-state index in [1.165, 1.54) is 0 Å². The fraction of sp³-hybridized carbons (Fsp3) is 0.0882. The Morgan fingerprint density at radius 2 is 1.05 bits per heavy atom. The molecule has 0 fully saturated rings. The lowest BCUT2D eigenvalue weighted by molar-refractivity contribution is 0.522. The lowest BCUT2D eigenvalue weighted by Gasteiger charge is -2.30. The highest BCUT2D eigenvalue weighted by molar-refractivity contribution is 9.10. The lowest BCUT2D eigenvalue weighted by Crippen LogP contribution is -2.35. The molecule has 39 heavy (non-hydrogen) atoms. The molecular weight excluding hydrogens is 563 g/mol. The van der Waals surface area contributed by atoms with Crippen LogP contribution in [0.4, 0.5) is 0 Å². The highest BCUT2D eigenvalue weighted by Gasteiger charge is 2.33. The summed E-state index contributed by atoms with van der Waals surface area (Å²) in [7, 11) is -3.23. The first-order chi connectivity index (χ1) is 19.0. The largest absolute Gasteiger partial charge is 0.297 e. The Hall–Kier alpha value is -3.56. The van der Waals surface area contributed by atoms with E-state index in [9.17, 15) is 0 Å². The van der Waals surface area contributed by atoms with Crippen LogP contribution in [-0.2, 0) is 4.57 Å². The quantitative estimate of drug-likeness (QED) is 0.139. The summed E-state index contributed by atoms with van der Waals surface area (Å²) >= 11 is 3.57. The van der Waals surface area contributed by atoms with Crippen molar-refractivity contribution in [3.8, 4) is 0 Å². The van der Waals surface area contributed by atoms with Crippen molar-refractivity contribution in [3.05, 3.63) is 167 Å². The van der Waals surface area contributed by atoms with E-state index in [4.69, 9.17) is 4.99 Å². The van der Waals surface area contributed by atoms with E-state index < -0.39 is 7.29 Å². The van der Waals surface area contributed by atoms with Gasteiger partial charge in [0.2, 0.25) is 7.29 Å². The molecule has 0 aliphatic carbocycles. The minimum atomic E-state index is -3.23. The summed E-state index contributed by atoms with van der Waals surface area (Å²) in [6.45, 7) is 2.09. The summed E-state index contributed by atoms with van der Waals surface area (Å²) in [4.78, 5) is 5.31. The molecule has 0 heterocycles. The maximum absolute atomic E-state index is 15.0. The Morgan fingerprint density at radius 1 is 0.641 bits per heavy atom. The van der Waals surface area contributed by atoms with Crippen molar-refractivity contribution < 1.29 is 4.57 Å². The molecule has 0 radical (unpaired) electrons. The van der Waals surface area contributed by atoms with Gasteiger partial charge < -0.3 is 0 Å². The molecule has 0 bridgehead atoms. The second-order valence-corrected chi connectivity index (χ2v) is 12.8. The van der Waals surface area contributed by atoms with E-state index in [0.29, 0.717) is 0 Å². The molecule has 0 saturated heterocycles. The predicted molar refractivity (Wildman–Crippen MR) is 168 cm³/mol. The smallest absolute Gasteiger partial charge is 0.205 e. The molecule has 0 aromatic heterocycles. The lowest BCUT2D eigenvalue weighted by atomic mass is 9.99. The van der Waals surface area contributed by atoms with Crippen LogP contribution in [0.1, 0.15) is 29.7 Å². The summed E-state index contributed by atoms with van der Waals surface area (Å²) < 4.78 is 16.0. The Balaban J connectivity index is 1.64. The zero-order valence-electron chi connectivity index (χ0n) is 21.7. The standard InChI is InChI=1S/C34H30BrN2OP/c1-26(36-34(27-14-6-2-7-15-27)28-16-8-3-9-17-28)33(29-22-24-30(35)25-23-29)37-39(38,31-18-10-4-11-19-31)32-20-12-5-13-21-32/h2-26,33H,1H3,(H,37,38)/t26-,33-/m1/s1. The van der Waals surface area contributed by atoms with E-state index in [1.54, 1.807) is 0 Å². The van der Waals surface area contributed by atoms with Crippen LogP contribution in [-0.4, -0.2) is 11.8 Å². The van der Waals surface area contributed by atoms with Gasteiger partial charge in [0.15, 0.2) is 0 Å². The van der Waals surface area contributed by atoms with Crippen molar-refractivity contribution in [2.24, 2.45) is 4.99 Å². The molecule has 5 heteroatoms. The zero-order valence-corrected chi connectivity index (χ0v) is 24.2. The molecule has 0 spiro atoms. The Labute approximate surface area is 239 Å². The average molecular weight is 594 g/mol. The first-order valence-corrected chi connectivity index (χ1v) is 15.5. The Bertz CT molecular complexity index is 1470. The van der Waals surface area contributed by atoms with Gasteiger partial charge in [-0.3, -0.25) is 14.6 Å². The van der Waals surface area contributed by atoms with Crippen molar-refractivity contribution in [1.82, 2.24) is 5.09 Å². The highest BCUT2D eigenvalue weighted by Crippen LogP contribution is 2.43. The first-order valence-electron chi connectivity index (χ1n) is 13.0. The number of aliphatic imine (C=N–C) groups is 1. The van der Waals surface area contributed by atoms with E-state index in [0.717, 1.165) is 37.5 Å². The molecule has 0 aliphatic rings. The van der Waals surface area contributed by atoms with E-state index >= 15 is 4.57 Å².